The molecule has 1 aromatic rings. The van der Waals surface area contributed by atoms with Gasteiger partial charge in [-0.3, -0.25) is 4.90 Å². The molecule has 0 bridgehead atoms. The van der Waals surface area contributed by atoms with Crippen LogP contribution in [-0.2, 0) is 11.3 Å². The molecule has 0 aliphatic carbocycles. The van der Waals surface area contributed by atoms with Crippen LogP contribution in [0.5, 0.6) is 0 Å². The van der Waals surface area contributed by atoms with Gasteiger partial charge in [-0.25, -0.2) is 4.99 Å². The van der Waals surface area contributed by atoms with Gasteiger partial charge >= 0.3 is 0 Å². The van der Waals surface area contributed by atoms with Crippen LogP contribution in [0.25, 0.3) is 0 Å². The molecule has 1 atom stereocenters. The molecule has 1 fully saturated rings. The van der Waals surface area contributed by atoms with Gasteiger partial charge < -0.3 is 19.9 Å². The molecular weight excluding hydrogens is 296 g/mol. The lowest BCUT2D eigenvalue weighted by Crippen LogP contribution is -2.51. The van der Waals surface area contributed by atoms with Crippen molar-refractivity contribution in [2.45, 2.75) is 39.3 Å². The van der Waals surface area contributed by atoms with E-state index < -0.39 is 0 Å². The molecule has 2 rings (SSSR count). The summed E-state index contributed by atoms with van der Waals surface area (Å²) in [5, 5.41) is 10.7. The zero-order chi connectivity index (χ0) is 16.5. The first-order valence-corrected chi connectivity index (χ1v) is 8.26. The van der Waals surface area contributed by atoms with E-state index in [0.717, 1.165) is 45.2 Å². The Labute approximate surface area is 137 Å². The third-order valence-corrected chi connectivity index (χ3v) is 3.75. The number of piperidine rings is 1. The lowest BCUT2D eigenvalue weighted by molar-refractivity contribution is 0.126. The van der Waals surface area contributed by atoms with Crippen molar-refractivity contribution in [3.8, 4) is 0 Å². The Morgan fingerprint density at radius 2 is 2.39 bits per heavy atom. The number of rotatable bonds is 7. The quantitative estimate of drug-likeness (QED) is 0.559. The fourth-order valence-corrected chi connectivity index (χ4v) is 2.67. The molecule has 8 nitrogen and oxygen atoms in total. The zero-order valence-electron chi connectivity index (χ0n) is 14.3. The summed E-state index contributed by atoms with van der Waals surface area (Å²) >= 11 is 0. The molecule has 0 spiro atoms. The van der Waals surface area contributed by atoms with Gasteiger partial charge in [0.2, 0.25) is 5.89 Å². The SMILES string of the molecule is CCNC(=NCc1noc(C)n1)N[C@@H]1CCCN(CCOC)C1. The molecule has 2 N–H and O–H groups in total. The fourth-order valence-electron chi connectivity index (χ4n) is 2.67. The molecule has 1 aliphatic heterocycles. The maximum absolute atomic E-state index is 5.17. The van der Waals surface area contributed by atoms with Gasteiger partial charge in [0.25, 0.3) is 0 Å². The molecular formula is C15H28N6O2. The van der Waals surface area contributed by atoms with Crippen LogP contribution >= 0.6 is 0 Å². The minimum atomic E-state index is 0.394. The number of methoxy groups -OCH3 is 1. The Morgan fingerprint density at radius 3 is 3.09 bits per heavy atom. The van der Waals surface area contributed by atoms with E-state index >= 15 is 0 Å². The average molecular weight is 324 g/mol. The standard InChI is InChI=1S/C15H28N6O2/c1-4-16-15(17-10-14-18-12(2)23-20-14)19-13-6-5-7-21(11-13)8-9-22-3/h13H,4-11H2,1-3H3,(H2,16,17,19)/t13-/m1/s1. The summed E-state index contributed by atoms with van der Waals surface area (Å²) in [5.74, 6) is 1.97. The fraction of sp³-hybridized carbons (Fsp3) is 0.800. The summed E-state index contributed by atoms with van der Waals surface area (Å²) < 4.78 is 10.1. The predicted molar refractivity (Wildman–Crippen MR) is 88.3 cm³/mol. The first-order valence-electron chi connectivity index (χ1n) is 8.26. The Hall–Kier alpha value is -1.67. The lowest BCUT2D eigenvalue weighted by Gasteiger charge is -2.33. The second-order valence-electron chi connectivity index (χ2n) is 5.70. The number of guanidine groups is 1. The van der Waals surface area contributed by atoms with E-state index in [4.69, 9.17) is 9.26 Å². The Morgan fingerprint density at radius 1 is 1.52 bits per heavy atom. The number of hydrogen-bond donors (Lipinski definition) is 2. The van der Waals surface area contributed by atoms with Crippen molar-refractivity contribution in [1.29, 1.82) is 0 Å². The number of nitrogens with zero attached hydrogens (tertiary/aromatic N) is 4. The molecule has 0 amide bonds. The highest BCUT2D eigenvalue weighted by Gasteiger charge is 2.20. The second-order valence-corrected chi connectivity index (χ2v) is 5.70. The molecule has 2 heterocycles. The highest BCUT2D eigenvalue weighted by molar-refractivity contribution is 5.80. The van der Waals surface area contributed by atoms with Gasteiger partial charge in [0.05, 0.1) is 6.61 Å². The van der Waals surface area contributed by atoms with Gasteiger partial charge in [-0.2, -0.15) is 4.98 Å². The monoisotopic (exact) mass is 324 g/mol. The summed E-state index contributed by atoms with van der Waals surface area (Å²) in [4.78, 5) is 11.1. The Balaban J connectivity index is 1.87. The first kappa shape index (κ1) is 17.7. The summed E-state index contributed by atoms with van der Waals surface area (Å²) in [6.45, 7) is 8.96. The van der Waals surface area contributed by atoms with E-state index in [2.05, 4.69) is 37.6 Å². The maximum atomic E-state index is 5.17. The number of likely N-dealkylation sites (tertiary alicyclic amines) is 1. The molecule has 1 aliphatic rings. The molecule has 23 heavy (non-hydrogen) atoms. The molecule has 0 radical (unpaired) electrons. The highest BCUT2D eigenvalue weighted by atomic mass is 16.5. The topological polar surface area (TPSA) is 87.8 Å². The number of aliphatic imine (C=N–C) groups is 1. The van der Waals surface area contributed by atoms with Crippen LogP contribution < -0.4 is 10.6 Å². The van der Waals surface area contributed by atoms with Crippen molar-refractivity contribution in [1.82, 2.24) is 25.7 Å². The molecule has 0 aromatic carbocycles. The van der Waals surface area contributed by atoms with Crippen molar-refractivity contribution < 1.29 is 9.26 Å². The smallest absolute Gasteiger partial charge is 0.223 e. The van der Waals surface area contributed by atoms with Crippen LogP contribution in [0.3, 0.4) is 0 Å². The number of hydrogen-bond acceptors (Lipinski definition) is 6. The highest BCUT2D eigenvalue weighted by Crippen LogP contribution is 2.09. The third-order valence-electron chi connectivity index (χ3n) is 3.75. The van der Waals surface area contributed by atoms with Crippen LogP contribution in [0.15, 0.2) is 9.52 Å². The van der Waals surface area contributed by atoms with Crippen LogP contribution in [-0.4, -0.2) is 66.9 Å². The normalized spacial score (nSPS) is 19.8. The lowest BCUT2D eigenvalue weighted by atomic mass is 10.1. The maximum Gasteiger partial charge on any atom is 0.223 e. The average Bonchev–Trinajstić information content (AvgIpc) is 2.97. The van der Waals surface area contributed by atoms with E-state index in [1.165, 1.54) is 6.42 Å². The van der Waals surface area contributed by atoms with Gasteiger partial charge in [0.15, 0.2) is 11.8 Å². The largest absolute Gasteiger partial charge is 0.383 e. The molecule has 130 valence electrons. The Kier molecular flexibility index (Phi) is 7.28. The van der Waals surface area contributed by atoms with Gasteiger partial charge in [-0.1, -0.05) is 5.16 Å². The predicted octanol–water partition coefficient (Wildman–Crippen LogP) is 0.544. The summed E-state index contributed by atoms with van der Waals surface area (Å²) in [7, 11) is 1.75. The van der Waals surface area contributed by atoms with E-state index in [1.54, 1.807) is 14.0 Å². The second kappa shape index (κ2) is 9.46. The molecule has 0 saturated carbocycles. The van der Waals surface area contributed by atoms with Gasteiger partial charge in [-0.05, 0) is 26.3 Å². The van der Waals surface area contributed by atoms with Crippen LogP contribution in [0, 0.1) is 6.92 Å². The van der Waals surface area contributed by atoms with Crippen LogP contribution in [0.1, 0.15) is 31.5 Å². The minimum Gasteiger partial charge on any atom is -0.383 e. The van der Waals surface area contributed by atoms with Crippen LogP contribution in [0.4, 0.5) is 0 Å². The first-order chi connectivity index (χ1) is 11.2. The zero-order valence-corrected chi connectivity index (χ0v) is 14.3. The Bertz CT molecular complexity index is 490. The number of aryl methyl sites for hydroxylation is 1. The minimum absolute atomic E-state index is 0.394. The van der Waals surface area contributed by atoms with E-state index in [-0.39, 0.29) is 0 Å². The van der Waals surface area contributed by atoms with Crippen LogP contribution in [0.2, 0.25) is 0 Å². The van der Waals surface area contributed by atoms with Gasteiger partial charge in [0.1, 0.15) is 6.54 Å². The van der Waals surface area contributed by atoms with Gasteiger partial charge in [0, 0.05) is 39.7 Å². The number of nitrogens with one attached hydrogen (secondary N) is 2. The van der Waals surface area contributed by atoms with Crippen molar-refractivity contribution in [2.24, 2.45) is 4.99 Å². The van der Waals surface area contributed by atoms with Crippen molar-refractivity contribution in [3.05, 3.63) is 11.7 Å². The van der Waals surface area contributed by atoms with Crippen molar-refractivity contribution in [2.75, 3.05) is 39.9 Å². The number of ether oxygens (including phenoxy) is 1. The summed E-state index contributed by atoms with van der Waals surface area (Å²) in [6, 6.07) is 0.394. The van der Waals surface area contributed by atoms with E-state index in [0.29, 0.717) is 24.3 Å². The molecule has 1 saturated heterocycles. The molecule has 0 unspecified atom stereocenters. The summed E-state index contributed by atoms with van der Waals surface area (Å²) in [6.07, 6.45) is 2.33. The summed E-state index contributed by atoms with van der Waals surface area (Å²) in [5.41, 5.74) is 0. The van der Waals surface area contributed by atoms with E-state index in [1.807, 2.05) is 0 Å². The molecule has 8 heteroatoms. The van der Waals surface area contributed by atoms with Crippen molar-refractivity contribution in [3.63, 3.8) is 0 Å². The van der Waals surface area contributed by atoms with E-state index in [9.17, 15) is 0 Å². The van der Waals surface area contributed by atoms with Crippen molar-refractivity contribution >= 4 is 5.96 Å². The van der Waals surface area contributed by atoms with Gasteiger partial charge in [-0.15, -0.1) is 0 Å². The molecule has 1 aromatic heterocycles. The number of aromatic nitrogens is 2. The third kappa shape index (κ3) is 6.15.